The third-order valence-corrected chi connectivity index (χ3v) is 3.27. The standard InChI is InChI=1S/C12H12FNS/c1-8(14)10-6-12(15-7-10)9-2-4-11(13)5-3-9/h2-8H,14H2,1H3. The number of rotatable bonds is 2. The quantitative estimate of drug-likeness (QED) is 0.824. The van der Waals surface area contributed by atoms with Gasteiger partial charge in [-0.2, -0.15) is 0 Å². The molecule has 1 aromatic carbocycles. The van der Waals surface area contributed by atoms with Crippen molar-refractivity contribution in [1.29, 1.82) is 0 Å². The molecule has 78 valence electrons. The minimum atomic E-state index is -0.206. The van der Waals surface area contributed by atoms with Gasteiger partial charge in [-0.25, -0.2) is 4.39 Å². The Morgan fingerprint density at radius 3 is 2.47 bits per heavy atom. The highest BCUT2D eigenvalue weighted by Crippen LogP contribution is 2.29. The number of thiophene rings is 1. The van der Waals surface area contributed by atoms with Crippen molar-refractivity contribution in [3.05, 3.63) is 47.1 Å². The number of benzene rings is 1. The molecule has 1 atom stereocenters. The average molecular weight is 221 g/mol. The van der Waals surface area contributed by atoms with E-state index in [0.717, 1.165) is 16.0 Å². The van der Waals surface area contributed by atoms with Crippen LogP contribution in [0.1, 0.15) is 18.5 Å². The van der Waals surface area contributed by atoms with Crippen LogP contribution < -0.4 is 5.73 Å². The zero-order valence-corrected chi connectivity index (χ0v) is 9.22. The predicted octanol–water partition coefficient (Wildman–Crippen LogP) is 3.57. The lowest BCUT2D eigenvalue weighted by molar-refractivity contribution is 0.628. The minimum Gasteiger partial charge on any atom is -0.324 e. The van der Waals surface area contributed by atoms with Gasteiger partial charge in [0.2, 0.25) is 0 Å². The van der Waals surface area contributed by atoms with Crippen LogP contribution in [0.4, 0.5) is 4.39 Å². The third-order valence-electron chi connectivity index (χ3n) is 2.27. The Hall–Kier alpha value is -1.19. The van der Waals surface area contributed by atoms with Crippen molar-refractivity contribution in [3.8, 4) is 10.4 Å². The first-order valence-electron chi connectivity index (χ1n) is 4.77. The van der Waals surface area contributed by atoms with Crippen LogP contribution in [0.2, 0.25) is 0 Å². The van der Waals surface area contributed by atoms with Gasteiger partial charge in [0, 0.05) is 10.9 Å². The molecule has 0 spiro atoms. The number of hydrogen-bond donors (Lipinski definition) is 1. The van der Waals surface area contributed by atoms with Crippen molar-refractivity contribution < 1.29 is 4.39 Å². The summed E-state index contributed by atoms with van der Waals surface area (Å²) in [6.07, 6.45) is 0. The molecule has 1 aromatic heterocycles. The maximum atomic E-state index is 12.7. The molecule has 0 saturated heterocycles. The summed E-state index contributed by atoms with van der Waals surface area (Å²) in [5.74, 6) is -0.206. The lowest BCUT2D eigenvalue weighted by atomic mass is 10.1. The molecule has 3 heteroatoms. The Morgan fingerprint density at radius 1 is 1.27 bits per heavy atom. The maximum absolute atomic E-state index is 12.7. The lowest BCUT2D eigenvalue weighted by Gasteiger charge is -1.99. The Bertz CT molecular complexity index is 445. The van der Waals surface area contributed by atoms with Crippen LogP contribution in [0, 0.1) is 5.82 Å². The van der Waals surface area contributed by atoms with E-state index in [1.54, 1.807) is 23.5 Å². The second-order valence-corrected chi connectivity index (χ2v) is 4.45. The fourth-order valence-corrected chi connectivity index (χ4v) is 2.38. The molecule has 0 aliphatic carbocycles. The largest absolute Gasteiger partial charge is 0.324 e. The molecule has 0 aliphatic rings. The molecule has 0 aliphatic heterocycles. The Kier molecular flexibility index (Phi) is 2.84. The molecular weight excluding hydrogens is 209 g/mol. The summed E-state index contributed by atoms with van der Waals surface area (Å²) < 4.78 is 12.7. The molecule has 0 saturated carbocycles. The van der Waals surface area contributed by atoms with Crippen molar-refractivity contribution in [2.45, 2.75) is 13.0 Å². The first-order valence-corrected chi connectivity index (χ1v) is 5.65. The molecular formula is C12H12FNS. The van der Waals surface area contributed by atoms with Gasteiger partial charge < -0.3 is 5.73 Å². The van der Waals surface area contributed by atoms with Crippen molar-refractivity contribution >= 4 is 11.3 Å². The lowest BCUT2D eigenvalue weighted by Crippen LogP contribution is -2.02. The van der Waals surface area contributed by atoms with Gasteiger partial charge in [0.1, 0.15) is 5.82 Å². The highest BCUT2D eigenvalue weighted by Gasteiger charge is 2.05. The van der Waals surface area contributed by atoms with Crippen molar-refractivity contribution in [1.82, 2.24) is 0 Å². The fraction of sp³-hybridized carbons (Fsp3) is 0.167. The molecule has 1 heterocycles. The summed E-state index contributed by atoms with van der Waals surface area (Å²) in [6, 6.07) is 8.62. The second-order valence-electron chi connectivity index (χ2n) is 3.54. The van der Waals surface area contributed by atoms with Gasteiger partial charge in [-0.05, 0) is 41.6 Å². The minimum absolute atomic E-state index is 0.0513. The first-order chi connectivity index (χ1) is 7.16. The Balaban J connectivity index is 2.33. The van der Waals surface area contributed by atoms with Gasteiger partial charge in [-0.3, -0.25) is 0 Å². The predicted molar refractivity (Wildman–Crippen MR) is 62.3 cm³/mol. The van der Waals surface area contributed by atoms with E-state index in [1.165, 1.54) is 12.1 Å². The van der Waals surface area contributed by atoms with Crippen LogP contribution in [0.15, 0.2) is 35.7 Å². The molecule has 0 radical (unpaired) electrons. The van der Waals surface area contributed by atoms with E-state index in [0.29, 0.717) is 0 Å². The van der Waals surface area contributed by atoms with Crippen LogP contribution in [0.25, 0.3) is 10.4 Å². The highest BCUT2D eigenvalue weighted by atomic mass is 32.1. The molecule has 2 N–H and O–H groups in total. The summed E-state index contributed by atoms with van der Waals surface area (Å²) in [6.45, 7) is 1.95. The van der Waals surface area contributed by atoms with Gasteiger partial charge in [-0.15, -0.1) is 11.3 Å². The topological polar surface area (TPSA) is 26.0 Å². The van der Waals surface area contributed by atoms with Gasteiger partial charge in [0.25, 0.3) is 0 Å². The van der Waals surface area contributed by atoms with E-state index in [4.69, 9.17) is 5.73 Å². The van der Waals surface area contributed by atoms with E-state index in [2.05, 4.69) is 6.07 Å². The average Bonchev–Trinajstić information content (AvgIpc) is 2.68. The van der Waals surface area contributed by atoms with E-state index in [1.807, 2.05) is 12.3 Å². The summed E-state index contributed by atoms with van der Waals surface area (Å²) in [5, 5.41) is 2.04. The molecule has 2 aromatic rings. The number of hydrogen-bond acceptors (Lipinski definition) is 2. The van der Waals surface area contributed by atoms with Gasteiger partial charge in [-0.1, -0.05) is 12.1 Å². The van der Waals surface area contributed by atoms with Crippen molar-refractivity contribution in [3.63, 3.8) is 0 Å². The number of nitrogens with two attached hydrogens (primary N) is 1. The smallest absolute Gasteiger partial charge is 0.123 e. The van der Waals surface area contributed by atoms with E-state index < -0.39 is 0 Å². The molecule has 0 amide bonds. The second kappa shape index (κ2) is 4.13. The zero-order chi connectivity index (χ0) is 10.8. The molecule has 1 nitrogen and oxygen atoms in total. The fourth-order valence-electron chi connectivity index (χ4n) is 1.36. The van der Waals surface area contributed by atoms with E-state index in [9.17, 15) is 4.39 Å². The maximum Gasteiger partial charge on any atom is 0.123 e. The van der Waals surface area contributed by atoms with Gasteiger partial charge in [0.15, 0.2) is 0 Å². The third kappa shape index (κ3) is 2.25. The first kappa shape index (κ1) is 10.3. The van der Waals surface area contributed by atoms with Crippen molar-refractivity contribution in [2.75, 3.05) is 0 Å². The van der Waals surface area contributed by atoms with Crippen molar-refractivity contribution in [2.24, 2.45) is 5.73 Å². The molecule has 2 rings (SSSR count). The van der Waals surface area contributed by atoms with Gasteiger partial charge in [0.05, 0.1) is 0 Å². The SMILES string of the molecule is CC(N)c1csc(-c2ccc(F)cc2)c1. The normalized spacial score (nSPS) is 12.7. The Morgan fingerprint density at radius 2 is 1.93 bits per heavy atom. The van der Waals surface area contributed by atoms with Crippen LogP contribution in [0.3, 0.4) is 0 Å². The van der Waals surface area contributed by atoms with E-state index >= 15 is 0 Å². The highest BCUT2D eigenvalue weighted by molar-refractivity contribution is 7.13. The zero-order valence-electron chi connectivity index (χ0n) is 8.41. The van der Waals surface area contributed by atoms with Crippen LogP contribution >= 0.6 is 11.3 Å². The molecule has 15 heavy (non-hydrogen) atoms. The van der Waals surface area contributed by atoms with Crippen LogP contribution in [-0.2, 0) is 0 Å². The monoisotopic (exact) mass is 221 g/mol. The summed E-state index contributed by atoms with van der Waals surface area (Å²) >= 11 is 1.63. The van der Waals surface area contributed by atoms with Crippen LogP contribution in [0.5, 0.6) is 0 Å². The summed E-state index contributed by atoms with van der Waals surface area (Å²) in [7, 11) is 0. The van der Waals surface area contributed by atoms with Gasteiger partial charge >= 0.3 is 0 Å². The van der Waals surface area contributed by atoms with Crippen LogP contribution in [-0.4, -0.2) is 0 Å². The number of halogens is 1. The molecule has 1 unspecified atom stereocenters. The van der Waals surface area contributed by atoms with E-state index in [-0.39, 0.29) is 11.9 Å². The molecule has 0 fully saturated rings. The Labute approximate surface area is 92.4 Å². The summed E-state index contributed by atoms with van der Waals surface area (Å²) in [5.41, 5.74) is 7.94. The summed E-state index contributed by atoms with van der Waals surface area (Å²) in [4.78, 5) is 1.13. The molecule has 0 bridgehead atoms.